The Morgan fingerprint density at radius 1 is 0.955 bits per heavy atom. The lowest BCUT2D eigenvalue weighted by atomic mass is 10.0. The topological polar surface area (TPSA) is 112 Å². The number of phenolic OH excluding ortho intramolecular Hbond substituents is 2. The van der Waals surface area contributed by atoms with Crippen LogP contribution in [0.1, 0.15) is 15.9 Å². The smallest absolute Gasteiger partial charge is 0.296 e. The van der Waals surface area contributed by atoms with Gasteiger partial charge in [-0.1, -0.05) is 30.3 Å². The average Bonchev–Trinajstić information content (AvgIpc) is 2.47. The Morgan fingerprint density at radius 2 is 1.50 bits per heavy atom. The second-order valence-corrected chi connectivity index (χ2v) is 7.72. The summed E-state index contributed by atoms with van der Waals surface area (Å²) in [7, 11) is -4.78. The lowest BCUT2D eigenvalue weighted by Crippen LogP contribution is -2.13. The summed E-state index contributed by atoms with van der Waals surface area (Å²) in [6.45, 7) is 0. The van der Waals surface area contributed by atoms with Gasteiger partial charge in [0.05, 0.1) is 12.7 Å². The molecule has 0 heterocycles. The summed E-state index contributed by atoms with van der Waals surface area (Å²) >= 11 is 3.19. The molecule has 9 heteroatoms. The van der Waals surface area contributed by atoms with Gasteiger partial charge >= 0.3 is 0 Å². The van der Waals surface area contributed by atoms with E-state index in [1.165, 1.54) is 12.1 Å². The molecule has 6 nitrogen and oxygen atoms in total. The summed E-state index contributed by atoms with van der Waals surface area (Å²) in [6, 6.07) is 7.65. The van der Waals surface area contributed by atoms with Crippen LogP contribution in [0.3, 0.4) is 0 Å². The summed E-state index contributed by atoms with van der Waals surface area (Å²) < 4.78 is 32.6. The van der Waals surface area contributed by atoms with Gasteiger partial charge in [0.2, 0.25) is 0 Å². The van der Waals surface area contributed by atoms with E-state index in [0.29, 0.717) is 0 Å². The normalized spacial score (nSPS) is 11.4. The molecule has 0 aromatic heterocycles. The van der Waals surface area contributed by atoms with Crippen molar-refractivity contribution in [2.24, 2.45) is 0 Å². The van der Waals surface area contributed by atoms with Crippen molar-refractivity contribution < 1.29 is 28.0 Å². The van der Waals surface area contributed by atoms with Gasteiger partial charge in [0.25, 0.3) is 10.1 Å². The first-order valence-corrected chi connectivity index (χ1v) is 9.26. The third-order valence-corrected chi connectivity index (χ3v) is 7.26. The fraction of sp³-hybridized carbons (Fsp3) is 0. The molecule has 116 valence electrons. The Bertz CT molecular complexity index is 862. The molecular weight excluding hydrogens is 538 g/mol. The quantitative estimate of drug-likeness (QED) is 0.237. The van der Waals surface area contributed by atoms with Gasteiger partial charge in [-0.3, -0.25) is 9.35 Å². The van der Waals surface area contributed by atoms with Crippen LogP contribution in [0.4, 0.5) is 0 Å². The maximum atomic E-state index is 12.5. The molecule has 0 aliphatic rings. The lowest BCUT2D eigenvalue weighted by Gasteiger charge is -2.14. The third-order valence-electron chi connectivity index (χ3n) is 2.81. The number of aromatic hydroxyl groups is 2. The molecule has 2 rings (SSSR count). The van der Waals surface area contributed by atoms with Crippen molar-refractivity contribution in [2.75, 3.05) is 0 Å². The summed E-state index contributed by atoms with van der Waals surface area (Å²) in [4.78, 5) is 11.8. The molecular formula is C13H8I2O6S. The minimum atomic E-state index is -4.78. The Kier molecular flexibility index (Phi) is 4.99. The highest BCUT2D eigenvalue weighted by molar-refractivity contribution is 14.1. The second-order valence-electron chi connectivity index (χ2n) is 4.20. The number of benzene rings is 2. The summed E-state index contributed by atoms with van der Waals surface area (Å²) in [5.41, 5.74) is -0.546. The van der Waals surface area contributed by atoms with E-state index in [1.807, 2.05) is 0 Å². The number of hydrogen-bond acceptors (Lipinski definition) is 5. The molecule has 0 aliphatic carbocycles. The van der Waals surface area contributed by atoms with Crippen molar-refractivity contribution in [3.8, 4) is 11.5 Å². The number of halogens is 2. The zero-order valence-electron chi connectivity index (χ0n) is 10.6. The Balaban J connectivity index is 2.89. The standard InChI is InChI=1S/C13H8I2O6S/c14-8-9(15)13(22(19,20)21)7(11(17)12(8)18)10(16)6-4-2-1-3-5-6/h1-5,17-18H,(H,19,20,21). The first-order valence-electron chi connectivity index (χ1n) is 5.66. The predicted molar refractivity (Wildman–Crippen MR) is 94.9 cm³/mol. The van der Waals surface area contributed by atoms with E-state index in [-0.39, 0.29) is 12.7 Å². The van der Waals surface area contributed by atoms with E-state index in [4.69, 9.17) is 0 Å². The molecule has 2 aromatic carbocycles. The highest BCUT2D eigenvalue weighted by atomic mass is 127. The number of phenols is 2. The lowest BCUT2D eigenvalue weighted by molar-refractivity contribution is 0.103. The van der Waals surface area contributed by atoms with E-state index >= 15 is 0 Å². The largest absolute Gasteiger partial charge is 0.504 e. The van der Waals surface area contributed by atoms with Crippen LogP contribution in [0.5, 0.6) is 11.5 Å². The Labute approximate surface area is 153 Å². The van der Waals surface area contributed by atoms with E-state index in [2.05, 4.69) is 0 Å². The minimum absolute atomic E-state index is 0.0212. The maximum absolute atomic E-state index is 12.5. The van der Waals surface area contributed by atoms with E-state index in [0.717, 1.165) is 0 Å². The molecule has 0 radical (unpaired) electrons. The van der Waals surface area contributed by atoms with Gasteiger partial charge in [-0.15, -0.1) is 0 Å². The summed E-state index contributed by atoms with van der Waals surface area (Å²) in [5.74, 6) is -2.32. The molecule has 0 amide bonds. The van der Waals surface area contributed by atoms with Gasteiger partial charge in [0.1, 0.15) is 4.90 Å². The van der Waals surface area contributed by atoms with Crippen molar-refractivity contribution in [1.29, 1.82) is 0 Å². The molecule has 0 atom stereocenters. The summed E-state index contributed by atoms with van der Waals surface area (Å²) in [5, 5.41) is 19.9. The molecule has 3 N–H and O–H groups in total. The van der Waals surface area contributed by atoms with Crippen LogP contribution in [-0.2, 0) is 10.1 Å². The molecule has 0 fully saturated rings. The first kappa shape index (κ1) is 17.4. The number of hydrogen-bond donors (Lipinski definition) is 3. The van der Waals surface area contributed by atoms with E-state index < -0.39 is 37.9 Å². The van der Waals surface area contributed by atoms with Crippen LogP contribution in [-0.4, -0.2) is 29.0 Å². The second kappa shape index (κ2) is 6.29. The molecule has 0 unspecified atom stereocenters. The van der Waals surface area contributed by atoms with E-state index in [9.17, 15) is 28.0 Å². The van der Waals surface area contributed by atoms with Gasteiger partial charge < -0.3 is 10.2 Å². The zero-order valence-corrected chi connectivity index (χ0v) is 15.7. The molecule has 0 spiro atoms. The van der Waals surface area contributed by atoms with Crippen LogP contribution < -0.4 is 0 Å². The van der Waals surface area contributed by atoms with Crippen LogP contribution in [0.15, 0.2) is 35.2 Å². The number of carbonyl (C=O) groups is 1. The molecule has 0 aliphatic heterocycles. The third kappa shape index (κ3) is 3.07. The monoisotopic (exact) mass is 546 g/mol. The minimum Gasteiger partial charge on any atom is -0.504 e. The van der Waals surface area contributed by atoms with Gasteiger partial charge in [-0.2, -0.15) is 8.42 Å². The number of ketones is 1. The molecule has 0 bridgehead atoms. The average molecular weight is 546 g/mol. The van der Waals surface area contributed by atoms with Gasteiger partial charge in [-0.05, 0) is 45.2 Å². The first-order chi connectivity index (χ1) is 10.2. The van der Waals surface area contributed by atoms with Gasteiger partial charge in [0.15, 0.2) is 17.3 Å². The van der Waals surface area contributed by atoms with Crippen molar-refractivity contribution in [3.05, 3.63) is 48.6 Å². The Morgan fingerprint density at radius 3 is 2.00 bits per heavy atom. The zero-order chi connectivity index (χ0) is 16.7. The Hall–Kier alpha value is -0.920. The van der Waals surface area contributed by atoms with Crippen LogP contribution in [0.2, 0.25) is 0 Å². The highest BCUT2D eigenvalue weighted by Crippen LogP contribution is 2.42. The maximum Gasteiger partial charge on any atom is 0.296 e. The predicted octanol–water partition coefficient (Wildman–Crippen LogP) is 2.78. The van der Waals surface area contributed by atoms with Crippen LogP contribution >= 0.6 is 45.2 Å². The van der Waals surface area contributed by atoms with Crippen molar-refractivity contribution in [2.45, 2.75) is 4.90 Å². The highest BCUT2D eigenvalue weighted by Gasteiger charge is 2.32. The fourth-order valence-corrected chi connectivity index (χ4v) is 4.67. The SMILES string of the molecule is O=C(c1ccccc1)c1c(O)c(O)c(I)c(I)c1S(=O)(=O)O. The molecule has 2 aromatic rings. The number of carbonyl (C=O) groups excluding carboxylic acids is 1. The number of rotatable bonds is 3. The van der Waals surface area contributed by atoms with Crippen molar-refractivity contribution in [1.82, 2.24) is 0 Å². The van der Waals surface area contributed by atoms with E-state index in [1.54, 1.807) is 63.4 Å². The van der Waals surface area contributed by atoms with Gasteiger partial charge in [-0.25, -0.2) is 0 Å². The summed E-state index contributed by atoms with van der Waals surface area (Å²) in [6.07, 6.45) is 0. The van der Waals surface area contributed by atoms with Crippen molar-refractivity contribution >= 4 is 61.1 Å². The van der Waals surface area contributed by atoms with Gasteiger partial charge in [0, 0.05) is 5.56 Å². The molecule has 22 heavy (non-hydrogen) atoms. The molecule has 0 saturated carbocycles. The van der Waals surface area contributed by atoms with Crippen molar-refractivity contribution in [3.63, 3.8) is 0 Å². The van der Waals surface area contributed by atoms with Crippen LogP contribution in [0.25, 0.3) is 0 Å². The van der Waals surface area contributed by atoms with Crippen LogP contribution in [0, 0.1) is 7.14 Å². The fourth-order valence-electron chi connectivity index (χ4n) is 1.83. The molecule has 0 saturated heterocycles.